The second-order valence-electron chi connectivity index (χ2n) is 0.906. The summed E-state index contributed by atoms with van der Waals surface area (Å²) in [6, 6.07) is 0. The monoisotopic (exact) mass is 174 g/mol. The van der Waals surface area contributed by atoms with Gasteiger partial charge < -0.3 is 0 Å². The van der Waals surface area contributed by atoms with Gasteiger partial charge in [-0.2, -0.15) is 0 Å². The third-order valence-electron chi connectivity index (χ3n) is 0.335. The lowest BCUT2D eigenvalue weighted by atomic mass is 10.5. The van der Waals surface area contributed by atoms with Gasteiger partial charge in [0.1, 0.15) is 6.67 Å². The zero-order valence-electron chi connectivity index (χ0n) is 3.13. The molecule has 0 aromatic carbocycles. The van der Waals surface area contributed by atoms with Crippen LogP contribution in [0.2, 0.25) is 0 Å². The van der Waals surface area contributed by atoms with Crippen LogP contribution in [-0.4, -0.2) is 17.4 Å². The van der Waals surface area contributed by atoms with E-state index in [1.807, 2.05) is 0 Å². The van der Waals surface area contributed by atoms with E-state index in [9.17, 15) is 4.39 Å². The molecule has 0 saturated heterocycles. The Morgan fingerprint density at radius 2 is 2.33 bits per heavy atom. The Balaban J connectivity index is 2.75. The lowest BCUT2D eigenvalue weighted by Crippen LogP contribution is -1.99. The molecule has 3 heteroatoms. The van der Waals surface area contributed by atoms with Gasteiger partial charge in [0, 0.05) is 5.88 Å². The molecule has 0 N–H and O–H groups in total. The largest absolute Gasteiger partial charge is 0.250 e. The van der Waals surface area contributed by atoms with Gasteiger partial charge >= 0.3 is 0 Å². The average Bonchev–Trinajstić information content (AvgIpc) is 1.65. The Morgan fingerprint density at radius 3 is 2.33 bits per heavy atom. The van der Waals surface area contributed by atoms with Crippen molar-refractivity contribution in [3.05, 3.63) is 0 Å². The maximum Gasteiger partial charge on any atom is 0.103 e. The van der Waals surface area contributed by atoms with E-state index in [2.05, 4.69) is 15.9 Å². The molecule has 1 unspecified atom stereocenters. The van der Waals surface area contributed by atoms with Crippen molar-refractivity contribution in [3.63, 3.8) is 0 Å². The molecule has 6 heavy (non-hydrogen) atoms. The first-order valence-corrected chi connectivity index (χ1v) is 3.02. The van der Waals surface area contributed by atoms with E-state index in [-0.39, 0.29) is 11.5 Å². The summed E-state index contributed by atoms with van der Waals surface area (Å²) in [7, 11) is 0. The van der Waals surface area contributed by atoms with E-state index >= 15 is 0 Å². The SMILES string of the molecule is FCC(Br)CCl. The zero-order valence-corrected chi connectivity index (χ0v) is 5.47. The Bertz CT molecular complexity index is 30.0. The van der Waals surface area contributed by atoms with Gasteiger partial charge in [-0.1, -0.05) is 15.9 Å². The highest BCUT2D eigenvalue weighted by Gasteiger charge is 1.96. The van der Waals surface area contributed by atoms with Crippen molar-refractivity contribution in [1.29, 1.82) is 0 Å². The Labute approximate surface area is 49.8 Å². The summed E-state index contributed by atoms with van der Waals surface area (Å²) in [5.74, 6) is 0.344. The molecule has 0 bridgehead atoms. The van der Waals surface area contributed by atoms with E-state index in [0.717, 1.165) is 0 Å². The van der Waals surface area contributed by atoms with Crippen molar-refractivity contribution in [2.45, 2.75) is 4.83 Å². The third-order valence-corrected chi connectivity index (χ3v) is 1.65. The molecule has 0 heterocycles. The summed E-state index contributed by atoms with van der Waals surface area (Å²) < 4.78 is 11.3. The molecule has 0 aromatic heterocycles. The van der Waals surface area contributed by atoms with Gasteiger partial charge in [0.05, 0.1) is 4.83 Å². The molecule has 0 nitrogen and oxygen atoms in total. The summed E-state index contributed by atoms with van der Waals surface area (Å²) >= 11 is 8.13. The van der Waals surface area contributed by atoms with Gasteiger partial charge in [0.15, 0.2) is 0 Å². The fraction of sp³-hybridized carbons (Fsp3) is 1.00. The van der Waals surface area contributed by atoms with Crippen LogP contribution in [0.25, 0.3) is 0 Å². The quantitative estimate of drug-likeness (QED) is 0.563. The van der Waals surface area contributed by atoms with Crippen LogP contribution < -0.4 is 0 Å². The molecule has 1 atom stereocenters. The van der Waals surface area contributed by atoms with Crippen molar-refractivity contribution in [2.75, 3.05) is 12.6 Å². The molecular formula is C3H5BrClF. The topological polar surface area (TPSA) is 0 Å². The van der Waals surface area contributed by atoms with Crippen LogP contribution in [0.5, 0.6) is 0 Å². The van der Waals surface area contributed by atoms with Crippen LogP contribution in [-0.2, 0) is 0 Å². The molecule has 0 aliphatic carbocycles. The Morgan fingerprint density at radius 1 is 1.83 bits per heavy atom. The molecule has 0 aliphatic heterocycles. The van der Waals surface area contributed by atoms with Gasteiger partial charge in [-0.25, -0.2) is 4.39 Å². The minimum absolute atomic E-state index is 0.154. The van der Waals surface area contributed by atoms with Crippen molar-refractivity contribution in [1.82, 2.24) is 0 Å². The summed E-state index contributed by atoms with van der Waals surface area (Å²) in [6.45, 7) is -0.385. The van der Waals surface area contributed by atoms with Crippen molar-refractivity contribution < 1.29 is 4.39 Å². The molecule has 0 fully saturated rings. The van der Waals surface area contributed by atoms with Crippen molar-refractivity contribution in [2.24, 2.45) is 0 Å². The molecule has 0 amide bonds. The van der Waals surface area contributed by atoms with E-state index in [4.69, 9.17) is 11.6 Å². The first-order chi connectivity index (χ1) is 2.81. The highest BCUT2D eigenvalue weighted by Crippen LogP contribution is 2.00. The van der Waals surface area contributed by atoms with Crippen LogP contribution in [0.4, 0.5) is 4.39 Å². The minimum atomic E-state index is -0.385. The van der Waals surface area contributed by atoms with E-state index in [1.54, 1.807) is 0 Å². The predicted octanol–water partition coefficient (Wildman–Crippen LogP) is 1.96. The van der Waals surface area contributed by atoms with Crippen LogP contribution in [0, 0.1) is 0 Å². The highest BCUT2D eigenvalue weighted by atomic mass is 79.9. The second kappa shape index (κ2) is 3.88. The lowest BCUT2D eigenvalue weighted by Gasteiger charge is -1.91. The normalized spacial score (nSPS) is 14.5. The third kappa shape index (κ3) is 2.91. The number of hydrogen-bond donors (Lipinski definition) is 0. The predicted molar refractivity (Wildman–Crippen MR) is 29.4 cm³/mol. The summed E-state index contributed by atoms with van der Waals surface area (Å²) in [4.78, 5) is -0.154. The van der Waals surface area contributed by atoms with Crippen LogP contribution in [0.3, 0.4) is 0 Å². The Hall–Kier alpha value is 0.700. The van der Waals surface area contributed by atoms with Gasteiger partial charge in [-0.3, -0.25) is 0 Å². The minimum Gasteiger partial charge on any atom is -0.250 e. The molecule has 38 valence electrons. The zero-order chi connectivity index (χ0) is 4.99. The summed E-state index contributed by atoms with van der Waals surface area (Å²) in [5.41, 5.74) is 0. The lowest BCUT2D eigenvalue weighted by molar-refractivity contribution is 0.499. The van der Waals surface area contributed by atoms with E-state index in [1.165, 1.54) is 0 Å². The first-order valence-electron chi connectivity index (χ1n) is 1.57. The van der Waals surface area contributed by atoms with Crippen LogP contribution >= 0.6 is 27.5 Å². The molecule has 0 aromatic rings. The van der Waals surface area contributed by atoms with Crippen LogP contribution in [0.1, 0.15) is 0 Å². The summed E-state index contributed by atoms with van der Waals surface area (Å²) in [5, 5.41) is 0. The Kier molecular flexibility index (Phi) is 4.33. The fourth-order valence-electron chi connectivity index (χ4n) is 0.0412. The number of hydrogen-bond acceptors (Lipinski definition) is 0. The van der Waals surface area contributed by atoms with Gasteiger partial charge in [0.25, 0.3) is 0 Å². The first kappa shape index (κ1) is 6.70. The molecule has 0 radical (unpaired) electrons. The maximum absolute atomic E-state index is 11.3. The maximum atomic E-state index is 11.3. The van der Waals surface area contributed by atoms with Gasteiger partial charge in [0.2, 0.25) is 0 Å². The average molecular weight is 175 g/mol. The second-order valence-corrected chi connectivity index (χ2v) is 2.51. The number of alkyl halides is 3. The number of rotatable bonds is 2. The van der Waals surface area contributed by atoms with Crippen molar-refractivity contribution in [3.8, 4) is 0 Å². The van der Waals surface area contributed by atoms with Crippen molar-refractivity contribution >= 4 is 27.5 Å². The molecule has 0 spiro atoms. The standard InChI is InChI=1S/C3H5BrClF/c4-3(1-5)2-6/h3H,1-2H2. The summed E-state index contributed by atoms with van der Waals surface area (Å²) in [6.07, 6.45) is 0. The molecule has 0 rings (SSSR count). The highest BCUT2D eigenvalue weighted by molar-refractivity contribution is 9.09. The molecule has 0 saturated carbocycles. The van der Waals surface area contributed by atoms with E-state index < -0.39 is 0 Å². The molecule has 0 aliphatic rings. The van der Waals surface area contributed by atoms with Gasteiger partial charge in [-0.05, 0) is 0 Å². The van der Waals surface area contributed by atoms with Gasteiger partial charge in [-0.15, -0.1) is 11.6 Å². The van der Waals surface area contributed by atoms with Crippen LogP contribution in [0.15, 0.2) is 0 Å². The van der Waals surface area contributed by atoms with E-state index in [0.29, 0.717) is 5.88 Å². The smallest absolute Gasteiger partial charge is 0.103 e. The molecular weight excluding hydrogens is 170 g/mol. The number of halogens is 3. The fourth-order valence-corrected chi connectivity index (χ4v) is 0.124.